The second-order valence-corrected chi connectivity index (χ2v) is 32.2. The maximum atomic E-state index is 13.1. The number of unbranched alkanes of at least 4 members (excludes halogenated alkanes) is 43. The van der Waals surface area contributed by atoms with Gasteiger partial charge in [0.15, 0.2) is 12.2 Å². The lowest BCUT2D eigenvalue weighted by Crippen LogP contribution is -2.30. The van der Waals surface area contributed by atoms with Gasteiger partial charge in [0.05, 0.1) is 26.4 Å². The van der Waals surface area contributed by atoms with Gasteiger partial charge in [-0.1, -0.05) is 350 Å². The van der Waals surface area contributed by atoms with Crippen molar-refractivity contribution >= 4 is 39.5 Å². The Labute approximate surface area is 594 Å². The van der Waals surface area contributed by atoms with E-state index in [0.29, 0.717) is 31.6 Å². The molecule has 0 aromatic carbocycles. The number of phosphoric acid groups is 2. The SMILES string of the molecule is CCCCCCCCCCCCCCCCCCCCCCCCC(=O)O[C@H](COC(=O)CCCCCCCCCCCCCCC(C)C)COP(=O)(O)OC[C@@H](O)COP(=O)(O)OC[C@@H](COC(=O)CCCCCCCCC(C)CC)OC(=O)CCCCCCCCCC(C)C. The van der Waals surface area contributed by atoms with E-state index in [4.69, 9.17) is 37.0 Å². The summed E-state index contributed by atoms with van der Waals surface area (Å²) in [6, 6.07) is 0. The van der Waals surface area contributed by atoms with Crippen LogP contribution < -0.4 is 0 Å². The minimum Gasteiger partial charge on any atom is -0.462 e. The van der Waals surface area contributed by atoms with E-state index in [9.17, 15) is 43.2 Å². The summed E-state index contributed by atoms with van der Waals surface area (Å²) >= 11 is 0. The lowest BCUT2D eigenvalue weighted by molar-refractivity contribution is -0.161. The van der Waals surface area contributed by atoms with E-state index in [0.717, 1.165) is 108 Å². The Balaban J connectivity index is 5.19. The molecular weight excluding hydrogens is 1270 g/mol. The Morgan fingerprint density at radius 1 is 0.299 bits per heavy atom. The first-order valence-electron chi connectivity index (χ1n) is 40.4. The van der Waals surface area contributed by atoms with Crippen LogP contribution in [0.3, 0.4) is 0 Å². The van der Waals surface area contributed by atoms with Crippen LogP contribution in [0.1, 0.15) is 402 Å². The molecule has 0 radical (unpaired) electrons. The molecule has 17 nitrogen and oxygen atoms in total. The molecule has 0 bridgehead atoms. The van der Waals surface area contributed by atoms with E-state index < -0.39 is 97.5 Å². The van der Waals surface area contributed by atoms with Crippen LogP contribution in [-0.2, 0) is 65.4 Å². The molecule has 97 heavy (non-hydrogen) atoms. The Morgan fingerprint density at radius 3 is 0.784 bits per heavy atom. The summed E-state index contributed by atoms with van der Waals surface area (Å²) < 4.78 is 68.5. The maximum absolute atomic E-state index is 13.1. The van der Waals surface area contributed by atoms with Gasteiger partial charge in [0.25, 0.3) is 0 Å². The van der Waals surface area contributed by atoms with Crippen molar-refractivity contribution in [2.24, 2.45) is 17.8 Å². The first-order chi connectivity index (χ1) is 46.8. The zero-order valence-corrected chi connectivity index (χ0v) is 65.3. The van der Waals surface area contributed by atoms with Crippen molar-refractivity contribution in [3.63, 3.8) is 0 Å². The zero-order valence-electron chi connectivity index (χ0n) is 63.5. The van der Waals surface area contributed by atoms with E-state index in [2.05, 4.69) is 48.5 Å². The molecule has 0 aliphatic heterocycles. The van der Waals surface area contributed by atoms with Gasteiger partial charge in [-0.2, -0.15) is 0 Å². The predicted molar refractivity (Wildman–Crippen MR) is 395 cm³/mol. The molecule has 3 N–H and O–H groups in total. The first-order valence-corrected chi connectivity index (χ1v) is 43.4. The zero-order chi connectivity index (χ0) is 71.6. The summed E-state index contributed by atoms with van der Waals surface area (Å²) in [6.07, 6.45) is 55.9. The van der Waals surface area contributed by atoms with E-state index in [-0.39, 0.29) is 25.7 Å². The highest BCUT2D eigenvalue weighted by Gasteiger charge is 2.30. The van der Waals surface area contributed by atoms with Gasteiger partial charge in [0, 0.05) is 25.7 Å². The molecule has 0 heterocycles. The van der Waals surface area contributed by atoms with Crippen LogP contribution >= 0.6 is 15.6 Å². The normalized spacial score (nSPS) is 14.3. The summed E-state index contributed by atoms with van der Waals surface area (Å²) in [5.74, 6) is 0.0871. The Morgan fingerprint density at radius 2 is 0.526 bits per heavy atom. The van der Waals surface area contributed by atoms with Gasteiger partial charge in [-0.15, -0.1) is 0 Å². The quantitative estimate of drug-likeness (QED) is 0.0222. The molecule has 0 saturated carbocycles. The van der Waals surface area contributed by atoms with E-state index in [1.807, 2.05) is 0 Å². The van der Waals surface area contributed by atoms with E-state index in [1.165, 1.54) is 205 Å². The third kappa shape index (κ3) is 70.9. The number of esters is 4. The van der Waals surface area contributed by atoms with Gasteiger partial charge >= 0.3 is 39.5 Å². The molecule has 19 heteroatoms. The van der Waals surface area contributed by atoms with Crippen LogP contribution in [0.2, 0.25) is 0 Å². The van der Waals surface area contributed by atoms with Gasteiger partial charge in [-0.25, -0.2) is 9.13 Å². The molecular formula is C78H152O17P2. The van der Waals surface area contributed by atoms with Gasteiger partial charge in [-0.3, -0.25) is 37.3 Å². The molecule has 0 spiro atoms. The van der Waals surface area contributed by atoms with Crippen LogP contribution in [0.25, 0.3) is 0 Å². The van der Waals surface area contributed by atoms with Gasteiger partial charge in [0.2, 0.25) is 0 Å². The molecule has 0 amide bonds. The number of hydrogen-bond acceptors (Lipinski definition) is 15. The molecule has 0 aliphatic rings. The van der Waals surface area contributed by atoms with E-state index in [1.54, 1.807) is 0 Å². The fourth-order valence-corrected chi connectivity index (χ4v) is 13.5. The lowest BCUT2D eigenvalue weighted by Gasteiger charge is -2.21. The third-order valence-electron chi connectivity index (χ3n) is 18.5. The summed E-state index contributed by atoms with van der Waals surface area (Å²) in [5, 5.41) is 10.6. The molecule has 3 unspecified atom stereocenters. The van der Waals surface area contributed by atoms with Gasteiger partial charge in [-0.05, 0) is 43.4 Å². The van der Waals surface area contributed by atoms with Crippen LogP contribution in [0.4, 0.5) is 0 Å². The fraction of sp³-hybridized carbons (Fsp3) is 0.949. The molecule has 0 fully saturated rings. The van der Waals surface area contributed by atoms with Crippen molar-refractivity contribution in [3.05, 3.63) is 0 Å². The smallest absolute Gasteiger partial charge is 0.462 e. The summed E-state index contributed by atoms with van der Waals surface area (Å²) in [6.45, 7) is 11.8. The fourth-order valence-electron chi connectivity index (χ4n) is 11.9. The lowest BCUT2D eigenvalue weighted by atomic mass is 10.00. The Bertz CT molecular complexity index is 1890. The number of aliphatic hydroxyl groups excluding tert-OH is 1. The molecule has 6 atom stereocenters. The topological polar surface area (TPSA) is 237 Å². The van der Waals surface area contributed by atoms with Crippen molar-refractivity contribution in [2.75, 3.05) is 39.6 Å². The van der Waals surface area contributed by atoms with Crippen LogP contribution in [0.5, 0.6) is 0 Å². The minimum absolute atomic E-state index is 0.103. The van der Waals surface area contributed by atoms with Crippen molar-refractivity contribution in [1.82, 2.24) is 0 Å². The standard InChI is InChI=1S/C78H152O17P2/c1-8-10-11-12-13-14-15-16-17-18-19-20-21-22-23-24-25-30-33-38-47-54-61-77(82)94-73(65-88-75(80)59-52-45-37-32-29-27-26-28-31-35-42-49-56-69(3)4)67-92-96(84,85)90-63-72(79)64-91-97(86,87)93-68-74(95-78(83)62-55-48-39-34-36-43-50-57-70(5)6)66-89-76(81)60-53-46-41-40-44-51-58-71(7)9-2/h69-74,79H,8-68H2,1-7H3,(H,84,85)(H,86,87)/t71?,72-,73-,74-/m1/s1. The van der Waals surface area contributed by atoms with Crippen molar-refractivity contribution < 1.29 is 80.2 Å². The summed E-state index contributed by atoms with van der Waals surface area (Å²) in [7, 11) is -9.91. The highest BCUT2D eigenvalue weighted by Crippen LogP contribution is 2.45. The molecule has 0 aromatic heterocycles. The number of aliphatic hydroxyl groups is 1. The predicted octanol–water partition coefficient (Wildman–Crippen LogP) is 23.0. The van der Waals surface area contributed by atoms with Gasteiger partial charge < -0.3 is 33.8 Å². The highest BCUT2D eigenvalue weighted by molar-refractivity contribution is 7.47. The Hall–Kier alpha value is -1.94. The van der Waals surface area contributed by atoms with Gasteiger partial charge in [0.1, 0.15) is 19.3 Å². The number of phosphoric ester groups is 2. The molecule has 0 aliphatic carbocycles. The highest BCUT2D eigenvalue weighted by atomic mass is 31.2. The van der Waals surface area contributed by atoms with Crippen molar-refractivity contribution in [2.45, 2.75) is 420 Å². The minimum atomic E-state index is -4.96. The molecule has 0 aromatic rings. The largest absolute Gasteiger partial charge is 0.472 e. The monoisotopic (exact) mass is 1420 g/mol. The summed E-state index contributed by atoms with van der Waals surface area (Å²) in [4.78, 5) is 72.8. The molecule has 0 rings (SSSR count). The first kappa shape index (κ1) is 95.1. The number of ether oxygens (including phenoxy) is 4. The second-order valence-electron chi connectivity index (χ2n) is 29.3. The average Bonchev–Trinajstić information content (AvgIpc) is 2.21. The average molecular weight is 1420 g/mol. The van der Waals surface area contributed by atoms with Crippen LogP contribution in [0.15, 0.2) is 0 Å². The van der Waals surface area contributed by atoms with Crippen molar-refractivity contribution in [1.29, 1.82) is 0 Å². The number of carbonyl (C=O) groups is 4. The van der Waals surface area contributed by atoms with Crippen molar-refractivity contribution in [3.8, 4) is 0 Å². The molecule has 576 valence electrons. The third-order valence-corrected chi connectivity index (χ3v) is 20.4. The molecule has 0 saturated heterocycles. The van der Waals surface area contributed by atoms with Crippen LogP contribution in [0, 0.1) is 17.8 Å². The maximum Gasteiger partial charge on any atom is 0.472 e. The number of carbonyl (C=O) groups excluding carboxylic acids is 4. The Kier molecular flexibility index (Phi) is 67.1. The number of hydrogen-bond donors (Lipinski definition) is 3. The summed E-state index contributed by atoms with van der Waals surface area (Å²) in [5.41, 5.74) is 0. The van der Waals surface area contributed by atoms with Crippen LogP contribution in [-0.4, -0.2) is 96.7 Å². The van der Waals surface area contributed by atoms with E-state index >= 15 is 0 Å². The second kappa shape index (κ2) is 68.5. The number of rotatable bonds is 76.